The maximum absolute atomic E-state index is 13.0. The largest absolute Gasteiger partial charge is 0.491 e. The molecular weight excluding hydrogens is 482 g/mol. The molecule has 0 aliphatic heterocycles. The molecule has 4 aromatic carbocycles. The molecule has 0 radical (unpaired) electrons. The van der Waals surface area contributed by atoms with Gasteiger partial charge in [-0.05, 0) is 47.4 Å². The van der Waals surface area contributed by atoms with Gasteiger partial charge in [0, 0.05) is 11.8 Å². The molecule has 0 aliphatic rings. The average Bonchev–Trinajstić information content (AvgIpc) is 2.93. The number of carbonyl (C=O) groups excluding carboxylic acids is 2. The SMILES string of the molecule is Nc1ccccc1NC(=O)/C=C/C[C@@H](OC(=O)Nc1cccc2ccccc12)c1cccc(OCCO)c1. The Kier molecular flexibility index (Phi) is 8.93. The highest BCUT2D eigenvalue weighted by Crippen LogP contribution is 2.28. The van der Waals surface area contributed by atoms with Gasteiger partial charge in [-0.2, -0.15) is 0 Å². The molecule has 0 saturated carbocycles. The Balaban J connectivity index is 1.49. The van der Waals surface area contributed by atoms with Crippen LogP contribution >= 0.6 is 0 Å². The zero-order chi connectivity index (χ0) is 26.7. The van der Waals surface area contributed by atoms with Gasteiger partial charge in [-0.25, -0.2) is 4.79 Å². The van der Waals surface area contributed by atoms with E-state index in [1.54, 1.807) is 54.6 Å². The molecule has 4 rings (SSSR count). The second-order valence-electron chi connectivity index (χ2n) is 8.40. The number of ether oxygens (including phenoxy) is 2. The highest BCUT2D eigenvalue weighted by Gasteiger charge is 2.18. The first-order valence-corrected chi connectivity index (χ1v) is 12.1. The van der Waals surface area contributed by atoms with Crippen LogP contribution in [-0.2, 0) is 9.53 Å². The van der Waals surface area contributed by atoms with Gasteiger partial charge in [-0.3, -0.25) is 10.1 Å². The number of nitrogens with one attached hydrogen (secondary N) is 2. The van der Waals surface area contributed by atoms with Crippen molar-refractivity contribution in [1.82, 2.24) is 0 Å². The Morgan fingerprint density at radius 2 is 1.63 bits per heavy atom. The number of anilines is 3. The van der Waals surface area contributed by atoms with E-state index >= 15 is 0 Å². The number of rotatable bonds is 10. The number of hydrogen-bond donors (Lipinski definition) is 4. The highest BCUT2D eigenvalue weighted by molar-refractivity contribution is 6.01. The Hall–Kier alpha value is -4.82. The van der Waals surface area contributed by atoms with Crippen LogP contribution in [0.3, 0.4) is 0 Å². The van der Waals surface area contributed by atoms with E-state index in [1.165, 1.54) is 6.08 Å². The third kappa shape index (κ3) is 7.11. The minimum Gasteiger partial charge on any atom is -0.491 e. The van der Waals surface area contributed by atoms with Crippen LogP contribution < -0.4 is 21.1 Å². The first kappa shape index (κ1) is 26.2. The molecule has 5 N–H and O–H groups in total. The molecule has 0 aliphatic carbocycles. The molecule has 0 aromatic heterocycles. The monoisotopic (exact) mass is 511 g/mol. The van der Waals surface area contributed by atoms with E-state index in [4.69, 9.17) is 20.3 Å². The summed E-state index contributed by atoms with van der Waals surface area (Å²) in [5.74, 6) is 0.169. The van der Waals surface area contributed by atoms with E-state index in [1.807, 2.05) is 42.5 Å². The van der Waals surface area contributed by atoms with Crippen LogP contribution in [-0.4, -0.2) is 30.3 Å². The molecule has 8 nitrogen and oxygen atoms in total. The molecule has 8 heteroatoms. The number of amides is 2. The van der Waals surface area contributed by atoms with Gasteiger partial charge in [0.15, 0.2) is 0 Å². The lowest BCUT2D eigenvalue weighted by atomic mass is 10.1. The zero-order valence-electron chi connectivity index (χ0n) is 20.7. The zero-order valence-corrected chi connectivity index (χ0v) is 20.7. The van der Waals surface area contributed by atoms with Gasteiger partial charge in [0.25, 0.3) is 0 Å². The number of nitrogen functional groups attached to an aromatic ring is 1. The summed E-state index contributed by atoms with van der Waals surface area (Å²) in [4.78, 5) is 25.4. The van der Waals surface area contributed by atoms with Gasteiger partial charge < -0.3 is 25.6 Å². The van der Waals surface area contributed by atoms with Crippen LogP contribution in [0.1, 0.15) is 18.1 Å². The predicted molar refractivity (Wildman–Crippen MR) is 149 cm³/mol. The molecule has 2 amide bonds. The first-order valence-electron chi connectivity index (χ1n) is 12.1. The number of hydrogen-bond acceptors (Lipinski definition) is 6. The highest BCUT2D eigenvalue weighted by atomic mass is 16.6. The van der Waals surface area contributed by atoms with Crippen LogP contribution in [0.15, 0.2) is 103 Å². The van der Waals surface area contributed by atoms with Crippen molar-refractivity contribution in [3.8, 4) is 5.75 Å². The summed E-state index contributed by atoms with van der Waals surface area (Å²) in [6.07, 6.45) is 1.88. The normalized spacial score (nSPS) is 11.7. The van der Waals surface area contributed by atoms with Crippen molar-refractivity contribution in [2.24, 2.45) is 0 Å². The molecule has 0 bridgehead atoms. The molecule has 0 fully saturated rings. The third-order valence-corrected chi connectivity index (χ3v) is 5.70. The lowest BCUT2D eigenvalue weighted by Gasteiger charge is -2.19. The summed E-state index contributed by atoms with van der Waals surface area (Å²) in [5, 5.41) is 16.5. The summed E-state index contributed by atoms with van der Waals surface area (Å²) in [7, 11) is 0. The van der Waals surface area contributed by atoms with E-state index < -0.39 is 12.2 Å². The van der Waals surface area contributed by atoms with Crippen LogP contribution in [0.2, 0.25) is 0 Å². The minimum absolute atomic E-state index is 0.124. The lowest BCUT2D eigenvalue weighted by molar-refractivity contribution is -0.111. The minimum atomic E-state index is -0.714. The molecular formula is C30H29N3O5. The van der Waals surface area contributed by atoms with Gasteiger partial charge in [0.1, 0.15) is 18.5 Å². The van der Waals surface area contributed by atoms with Crippen LogP contribution in [0, 0.1) is 0 Å². The molecule has 38 heavy (non-hydrogen) atoms. The van der Waals surface area contributed by atoms with Crippen molar-refractivity contribution in [2.45, 2.75) is 12.5 Å². The first-order chi connectivity index (χ1) is 18.5. The van der Waals surface area contributed by atoms with Gasteiger partial charge in [0.2, 0.25) is 5.91 Å². The molecule has 0 saturated heterocycles. The molecule has 1 atom stereocenters. The number of nitrogens with two attached hydrogens (primary N) is 1. The van der Waals surface area contributed by atoms with Crippen molar-refractivity contribution in [1.29, 1.82) is 0 Å². The Bertz CT molecular complexity index is 1430. The fourth-order valence-electron chi connectivity index (χ4n) is 3.91. The molecule has 194 valence electrons. The number of para-hydroxylation sites is 2. The van der Waals surface area contributed by atoms with E-state index in [0.717, 1.165) is 10.8 Å². The molecule has 0 spiro atoms. The van der Waals surface area contributed by atoms with Gasteiger partial charge in [-0.15, -0.1) is 0 Å². The van der Waals surface area contributed by atoms with Crippen molar-refractivity contribution in [2.75, 3.05) is 29.6 Å². The van der Waals surface area contributed by atoms with Crippen LogP contribution in [0.25, 0.3) is 10.8 Å². The summed E-state index contributed by atoms with van der Waals surface area (Å²) < 4.78 is 11.3. The summed E-state index contributed by atoms with van der Waals surface area (Å²) >= 11 is 0. The van der Waals surface area contributed by atoms with E-state index in [2.05, 4.69) is 10.6 Å². The van der Waals surface area contributed by atoms with Gasteiger partial charge in [0.05, 0.1) is 23.7 Å². The maximum atomic E-state index is 13.0. The van der Waals surface area contributed by atoms with Crippen molar-refractivity contribution < 1.29 is 24.2 Å². The topological polar surface area (TPSA) is 123 Å². The smallest absolute Gasteiger partial charge is 0.412 e. The molecule has 0 unspecified atom stereocenters. The van der Waals surface area contributed by atoms with Crippen LogP contribution in [0.5, 0.6) is 5.75 Å². The van der Waals surface area contributed by atoms with E-state index in [0.29, 0.717) is 28.4 Å². The lowest BCUT2D eigenvalue weighted by Crippen LogP contribution is -2.18. The summed E-state index contributed by atoms with van der Waals surface area (Å²) in [6, 6.07) is 27.4. The average molecular weight is 512 g/mol. The second kappa shape index (κ2) is 12.9. The van der Waals surface area contributed by atoms with Crippen molar-refractivity contribution >= 4 is 39.8 Å². The standard InChI is InChI=1S/C30H29N3O5/c31-25-13-3-4-14-27(25)32-29(35)17-7-16-28(22-10-5-11-23(20-22)37-19-18-34)38-30(36)33-26-15-6-9-21-8-1-2-12-24(21)26/h1-15,17,20,28,34H,16,18-19,31H2,(H,32,35)(H,33,36)/b17-7+/t28-/m1/s1. The Morgan fingerprint density at radius 3 is 2.47 bits per heavy atom. The fraction of sp³-hybridized carbons (Fsp3) is 0.133. The number of carbonyl (C=O) groups is 2. The molecule has 4 aromatic rings. The van der Waals surface area contributed by atoms with Crippen LogP contribution in [0.4, 0.5) is 21.9 Å². The van der Waals surface area contributed by atoms with Crippen molar-refractivity contribution in [3.63, 3.8) is 0 Å². The predicted octanol–water partition coefficient (Wildman–Crippen LogP) is 5.67. The third-order valence-electron chi connectivity index (χ3n) is 5.70. The van der Waals surface area contributed by atoms with Crippen molar-refractivity contribution in [3.05, 3.63) is 109 Å². The maximum Gasteiger partial charge on any atom is 0.412 e. The Morgan fingerprint density at radius 1 is 0.895 bits per heavy atom. The van der Waals surface area contributed by atoms with E-state index in [9.17, 15) is 9.59 Å². The molecule has 0 heterocycles. The quantitative estimate of drug-likeness (QED) is 0.161. The van der Waals surface area contributed by atoms with E-state index in [-0.39, 0.29) is 25.5 Å². The Labute approximate surface area is 220 Å². The van der Waals surface area contributed by atoms with Gasteiger partial charge >= 0.3 is 6.09 Å². The summed E-state index contributed by atoms with van der Waals surface area (Å²) in [5.41, 5.74) is 8.16. The number of aliphatic hydroxyl groups is 1. The number of fused-ring (bicyclic) bond motifs is 1. The second-order valence-corrected chi connectivity index (χ2v) is 8.40. The summed E-state index contributed by atoms with van der Waals surface area (Å²) in [6.45, 7) is 0.0145. The fourth-order valence-corrected chi connectivity index (χ4v) is 3.91. The van der Waals surface area contributed by atoms with Gasteiger partial charge in [-0.1, -0.05) is 66.7 Å². The number of aliphatic hydroxyl groups excluding tert-OH is 1. The number of benzene rings is 4.